The summed E-state index contributed by atoms with van der Waals surface area (Å²) >= 11 is 5.67. The molecule has 7 nitrogen and oxygen atoms in total. The second-order valence-electron chi connectivity index (χ2n) is 4.24. The van der Waals surface area contributed by atoms with Crippen LogP contribution in [0, 0.1) is 17.0 Å². The van der Waals surface area contributed by atoms with E-state index in [1.54, 1.807) is 4.72 Å². The van der Waals surface area contributed by atoms with Gasteiger partial charge in [0.25, 0.3) is 11.6 Å². The van der Waals surface area contributed by atoms with Gasteiger partial charge in [-0.2, -0.15) is 0 Å². The van der Waals surface area contributed by atoms with Crippen LogP contribution < -0.4 is 10.5 Å². The first-order valence-corrected chi connectivity index (χ1v) is 7.38. The van der Waals surface area contributed by atoms with Crippen LogP contribution >= 0.6 is 11.6 Å². The van der Waals surface area contributed by atoms with Gasteiger partial charge in [-0.25, -0.2) is 21.9 Å². The molecule has 1 aromatic carbocycles. The molecule has 0 amide bonds. The lowest BCUT2D eigenvalue weighted by Crippen LogP contribution is -2.41. The van der Waals surface area contributed by atoms with E-state index in [0.717, 1.165) is 12.1 Å². The predicted molar refractivity (Wildman–Crippen MR) is 72.0 cm³/mol. The van der Waals surface area contributed by atoms with Gasteiger partial charge in [-0.1, -0.05) is 11.6 Å². The Morgan fingerprint density at radius 3 is 2.52 bits per heavy atom. The molecule has 0 saturated heterocycles. The Morgan fingerprint density at radius 2 is 2.05 bits per heavy atom. The summed E-state index contributed by atoms with van der Waals surface area (Å²) in [7, 11) is -4.43. The average molecular weight is 344 g/mol. The van der Waals surface area contributed by atoms with E-state index >= 15 is 0 Å². The molecule has 0 bridgehead atoms. The van der Waals surface area contributed by atoms with Crippen LogP contribution in [0.2, 0.25) is 5.02 Å². The molecule has 0 aromatic heterocycles. The minimum absolute atomic E-state index is 0.247. The summed E-state index contributed by atoms with van der Waals surface area (Å²) in [6.45, 7) is -0.863. The van der Waals surface area contributed by atoms with Crippen molar-refractivity contribution in [3.63, 3.8) is 0 Å². The van der Waals surface area contributed by atoms with Crippen LogP contribution in [-0.2, 0) is 10.0 Å². The van der Waals surface area contributed by atoms with Gasteiger partial charge in [0.15, 0.2) is 0 Å². The third-order valence-electron chi connectivity index (χ3n) is 2.47. The predicted octanol–water partition coefficient (Wildman–Crippen LogP) is 1.43. The molecule has 11 heteroatoms. The van der Waals surface area contributed by atoms with E-state index in [2.05, 4.69) is 0 Å². The molecule has 0 spiro atoms. The summed E-state index contributed by atoms with van der Waals surface area (Å²) in [5.41, 5.74) is 4.42. The zero-order chi connectivity index (χ0) is 16.4. The number of nitrogens with one attached hydrogen (secondary N) is 1. The Labute approximate surface area is 124 Å². The fourth-order valence-corrected chi connectivity index (χ4v) is 3.12. The molecule has 0 fully saturated rings. The molecule has 3 N–H and O–H groups in total. The molecule has 0 saturated carbocycles. The number of nitrogens with zero attached hydrogens (tertiary/aromatic N) is 1. The van der Waals surface area contributed by atoms with Gasteiger partial charge in [0.1, 0.15) is 9.92 Å². The number of hydrogen-bond donors (Lipinski definition) is 2. The minimum atomic E-state index is -4.43. The van der Waals surface area contributed by atoms with Crippen molar-refractivity contribution in [3.05, 3.63) is 32.8 Å². The topological polar surface area (TPSA) is 115 Å². The highest BCUT2D eigenvalue weighted by Gasteiger charge is 2.31. The number of aryl methyl sites for hydroxylation is 1. The molecule has 0 atom stereocenters. The van der Waals surface area contributed by atoms with Crippen LogP contribution in [0.15, 0.2) is 17.0 Å². The molecule has 118 valence electrons. The normalized spacial score (nSPS) is 12.4. The van der Waals surface area contributed by atoms with E-state index in [4.69, 9.17) is 17.3 Å². The van der Waals surface area contributed by atoms with E-state index < -0.39 is 49.6 Å². The van der Waals surface area contributed by atoms with Crippen LogP contribution in [0.5, 0.6) is 0 Å². The lowest BCUT2D eigenvalue weighted by Gasteiger charge is -2.15. The van der Waals surface area contributed by atoms with E-state index in [0.29, 0.717) is 0 Å². The van der Waals surface area contributed by atoms with Crippen LogP contribution in [0.4, 0.5) is 14.5 Å². The van der Waals surface area contributed by atoms with Gasteiger partial charge in [0.05, 0.1) is 18.0 Å². The Bertz CT molecular complexity index is 667. The molecule has 0 aliphatic carbocycles. The number of nitrogens with two attached hydrogens (primary N) is 1. The fourth-order valence-electron chi connectivity index (χ4n) is 1.40. The molecule has 0 heterocycles. The highest BCUT2D eigenvalue weighted by Crippen LogP contribution is 2.32. The lowest BCUT2D eigenvalue weighted by molar-refractivity contribution is -0.385. The van der Waals surface area contributed by atoms with Crippen molar-refractivity contribution in [1.82, 2.24) is 4.72 Å². The van der Waals surface area contributed by atoms with Gasteiger partial charge in [0.2, 0.25) is 10.0 Å². The number of sulfonamides is 1. The quantitative estimate of drug-likeness (QED) is 0.598. The summed E-state index contributed by atoms with van der Waals surface area (Å²) in [6.07, 6.45) is 0. The first-order valence-electron chi connectivity index (χ1n) is 5.52. The second kappa shape index (κ2) is 6.18. The smallest absolute Gasteiger partial charge is 0.289 e. The summed E-state index contributed by atoms with van der Waals surface area (Å²) < 4.78 is 51.5. The highest BCUT2D eigenvalue weighted by atomic mass is 35.5. The van der Waals surface area contributed by atoms with Crippen molar-refractivity contribution in [2.24, 2.45) is 5.73 Å². The first-order chi connectivity index (χ1) is 9.50. The summed E-state index contributed by atoms with van der Waals surface area (Å²) in [6, 6.07) is 2.13. The number of nitro groups is 1. The molecule has 1 aromatic rings. The first kappa shape index (κ1) is 17.7. The standard InChI is InChI=1S/C10H12ClF2N3O4S/c1-6-2-7(16(17)18)9(11)8(3-6)21(19,20)15-5-10(12,13)4-14/h2-3,15H,4-5,14H2,1H3. The van der Waals surface area contributed by atoms with Gasteiger partial charge in [-0.05, 0) is 18.6 Å². The minimum Gasteiger partial charge on any atom is -0.325 e. The molecular weight excluding hydrogens is 332 g/mol. The number of benzene rings is 1. The molecule has 0 aliphatic rings. The number of hydrogen-bond acceptors (Lipinski definition) is 5. The Balaban J connectivity index is 3.23. The van der Waals surface area contributed by atoms with Crippen molar-refractivity contribution in [2.45, 2.75) is 17.7 Å². The van der Waals surface area contributed by atoms with Gasteiger partial charge in [-0.3, -0.25) is 10.1 Å². The van der Waals surface area contributed by atoms with Crippen molar-refractivity contribution in [1.29, 1.82) is 0 Å². The maximum atomic E-state index is 13.0. The van der Waals surface area contributed by atoms with E-state index in [9.17, 15) is 27.3 Å². The molecule has 21 heavy (non-hydrogen) atoms. The van der Waals surface area contributed by atoms with Crippen molar-refractivity contribution in [2.75, 3.05) is 13.1 Å². The van der Waals surface area contributed by atoms with Gasteiger partial charge >= 0.3 is 0 Å². The number of alkyl halides is 2. The second-order valence-corrected chi connectivity index (χ2v) is 6.35. The van der Waals surface area contributed by atoms with Gasteiger partial charge < -0.3 is 5.73 Å². The third kappa shape index (κ3) is 4.30. The number of nitro benzene ring substituents is 1. The molecule has 0 aliphatic heterocycles. The molecule has 1 rings (SSSR count). The third-order valence-corrected chi connectivity index (χ3v) is 4.40. The fraction of sp³-hybridized carbons (Fsp3) is 0.400. The zero-order valence-corrected chi connectivity index (χ0v) is 12.3. The van der Waals surface area contributed by atoms with E-state index in [-0.39, 0.29) is 5.56 Å². The summed E-state index contributed by atoms with van der Waals surface area (Å²) in [5, 5.41) is 10.1. The largest absolute Gasteiger partial charge is 0.325 e. The number of rotatable bonds is 6. The van der Waals surface area contributed by atoms with Crippen LogP contribution in [0.3, 0.4) is 0 Å². The van der Waals surface area contributed by atoms with Gasteiger partial charge in [0, 0.05) is 6.07 Å². The van der Waals surface area contributed by atoms with Crippen molar-refractivity contribution < 1.29 is 22.1 Å². The monoisotopic (exact) mass is 343 g/mol. The zero-order valence-electron chi connectivity index (χ0n) is 10.8. The summed E-state index contributed by atoms with van der Waals surface area (Å²) in [5.74, 6) is -3.44. The molecular formula is C10H12ClF2N3O4S. The van der Waals surface area contributed by atoms with Crippen LogP contribution in [-0.4, -0.2) is 32.4 Å². The van der Waals surface area contributed by atoms with Crippen LogP contribution in [0.1, 0.15) is 5.56 Å². The van der Waals surface area contributed by atoms with Crippen molar-refractivity contribution in [3.8, 4) is 0 Å². The van der Waals surface area contributed by atoms with E-state index in [1.165, 1.54) is 6.92 Å². The Morgan fingerprint density at radius 1 is 1.48 bits per heavy atom. The molecule has 0 radical (unpaired) electrons. The van der Waals surface area contributed by atoms with Crippen molar-refractivity contribution >= 4 is 27.3 Å². The molecule has 0 unspecified atom stereocenters. The maximum absolute atomic E-state index is 13.0. The Kier molecular flexibility index (Phi) is 5.20. The van der Waals surface area contributed by atoms with E-state index in [1.807, 2.05) is 0 Å². The Hall–Kier alpha value is -1.36. The lowest BCUT2D eigenvalue weighted by atomic mass is 10.2. The van der Waals surface area contributed by atoms with Crippen LogP contribution in [0.25, 0.3) is 0 Å². The maximum Gasteiger partial charge on any atom is 0.289 e. The highest BCUT2D eigenvalue weighted by molar-refractivity contribution is 7.89. The summed E-state index contributed by atoms with van der Waals surface area (Å²) in [4.78, 5) is 9.29. The van der Waals surface area contributed by atoms with Gasteiger partial charge in [-0.15, -0.1) is 0 Å². The SMILES string of the molecule is Cc1cc([N+](=O)[O-])c(Cl)c(S(=O)(=O)NCC(F)(F)CN)c1. The number of halogens is 3. The average Bonchev–Trinajstić information content (AvgIpc) is 2.38.